The zero-order valence-corrected chi connectivity index (χ0v) is 14.6. The zero-order chi connectivity index (χ0) is 18.6. The van der Waals surface area contributed by atoms with Gasteiger partial charge in [0.1, 0.15) is 11.0 Å². The smallest absolute Gasteiger partial charge is 0.433 e. The number of esters is 2. The van der Waals surface area contributed by atoms with E-state index in [1.165, 1.54) is 0 Å². The summed E-state index contributed by atoms with van der Waals surface area (Å²) in [7, 11) is 0. The molecule has 3 atom stereocenters. The highest BCUT2D eigenvalue weighted by atomic mass is 16.7. The van der Waals surface area contributed by atoms with Crippen LogP contribution in [-0.4, -0.2) is 29.6 Å². The van der Waals surface area contributed by atoms with Gasteiger partial charge in [0.05, 0.1) is 6.07 Å². The Hall–Kier alpha value is -2.38. The van der Waals surface area contributed by atoms with E-state index >= 15 is 0 Å². The van der Waals surface area contributed by atoms with Gasteiger partial charge in [-0.3, -0.25) is 10.1 Å². The Morgan fingerprint density at radius 2 is 2.08 bits per heavy atom. The predicted octanol–water partition coefficient (Wildman–Crippen LogP) is 3.35. The third-order valence-corrected chi connectivity index (χ3v) is 4.54. The van der Waals surface area contributed by atoms with Crippen LogP contribution in [0.1, 0.15) is 50.6 Å². The summed E-state index contributed by atoms with van der Waals surface area (Å²) in [5.74, 6) is -1.28. The average Bonchev–Trinajstić information content (AvgIpc) is 3.02. The van der Waals surface area contributed by atoms with Crippen LogP contribution in [0, 0.1) is 27.9 Å². The molecule has 1 aliphatic rings. The molecule has 2 rings (SSSR count). The summed E-state index contributed by atoms with van der Waals surface area (Å²) in [6, 6.07) is 2.18. The first kappa shape index (κ1) is 19.0. The standard InChI is InChI=1S/C17H23NO7/c1-10(2)12-5-4-11(3)8-14(12)25-16(19)9-23-17(20)13-6-7-15(24-13)18(21)22/h6-7,10-12,14H,4-5,8-9H2,1-3H3/t11-,12+,14+/m0/s1. The Morgan fingerprint density at radius 1 is 1.36 bits per heavy atom. The second-order valence-electron chi connectivity index (χ2n) is 6.83. The molecule has 0 aliphatic heterocycles. The molecule has 1 aromatic heterocycles. The maximum atomic E-state index is 12.0. The number of furan rings is 1. The molecule has 1 aliphatic carbocycles. The van der Waals surface area contributed by atoms with E-state index in [4.69, 9.17) is 13.9 Å². The normalized spacial score (nSPS) is 23.3. The summed E-state index contributed by atoms with van der Waals surface area (Å²) in [6.45, 7) is 5.78. The van der Waals surface area contributed by atoms with Gasteiger partial charge in [0, 0.05) is 0 Å². The van der Waals surface area contributed by atoms with Crippen LogP contribution in [0.5, 0.6) is 0 Å². The van der Waals surface area contributed by atoms with Crippen LogP contribution in [0.4, 0.5) is 5.88 Å². The lowest BCUT2D eigenvalue weighted by Gasteiger charge is -2.36. The molecule has 0 saturated heterocycles. The van der Waals surface area contributed by atoms with Crippen LogP contribution in [0.15, 0.2) is 16.5 Å². The topological polar surface area (TPSA) is 109 Å². The molecule has 8 nitrogen and oxygen atoms in total. The Morgan fingerprint density at radius 3 is 2.68 bits per heavy atom. The van der Waals surface area contributed by atoms with E-state index < -0.39 is 29.4 Å². The number of carbonyl (C=O) groups excluding carboxylic acids is 2. The maximum Gasteiger partial charge on any atom is 0.433 e. The summed E-state index contributed by atoms with van der Waals surface area (Å²) in [5, 5.41) is 10.5. The highest BCUT2D eigenvalue weighted by Crippen LogP contribution is 2.35. The third-order valence-electron chi connectivity index (χ3n) is 4.54. The molecule has 0 bridgehead atoms. The fourth-order valence-electron chi connectivity index (χ4n) is 3.18. The number of rotatable bonds is 6. The molecule has 0 amide bonds. The Bertz CT molecular complexity index is 637. The Kier molecular flexibility index (Phi) is 6.17. The van der Waals surface area contributed by atoms with Crippen molar-refractivity contribution in [3.8, 4) is 0 Å². The second kappa shape index (κ2) is 8.13. The quantitative estimate of drug-likeness (QED) is 0.438. The zero-order valence-electron chi connectivity index (χ0n) is 14.6. The van der Waals surface area contributed by atoms with Crippen molar-refractivity contribution >= 4 is 17.8 Å². The van der Waals surface area contributed by atoms with Crippen molar-refractivity contribution in [3.63, 3.8) is 0 Å². The predicted molar refractivity (Wildman–Crippen MR) is 86.9 cm³/mol. The summed E-state index contributed by atoms with van der Waals surface area (Å²) in [4.78, 5) is 33.5. The summed E-state index contributed by atoms with van der Waals surface area (Å²) < 4.78 is 15.1. The fourth-order valence-corrected chi connectivity index (χ4v) is 3.18. The van der Waals surface area contributed by atoms with Crippen LogP contribution in [0.25, 0.3) is 0 Å². The molecule has 0 N–H and O–H groups in total. The van der Waals surface area contributed by atoms with Crippen LogP contribution in [0.2, 0.25) is 0 Å². The molecular formula is C17H23NO7. The van der Waals surface area contributed by atoms with Gasteiger partial charge < -0.3 is 13.9 Å². The van der Waals surface area contributed by atoms with E-state index in [2.05, 4.69) is 20.8 Å². The minimum atomic E-state index is -0.942. The second-order valence-corrected chi connectivity index (χ2v) is 6.83. The van der Waals surface area contributed by atoms with E-state index in [9.17, 15) is 19.7 Å². The van der Waals surface area contributed by atoms with Crippen molar-refractivity contribution < 1.29 is 28.4 Å². The lowest BCUT2D eigenvalue weighted by atomic mass is 9.75. The molecule has 8 heteroatoms. The lowest BCUT2D eigenvalue weighted by Crippen LogP contribution is -2.36. The van der Waals surface area contributed by atoms with Gasteiger partial charge in [-0.15, -0.1) is 0 Å². The Balaban J connectivity index is 1.86. The van der Waals surface area contributed by atoms with Gasteiger partial charge in [-0.25, -0.2) is 9.59 Å². The van der Waals surface area contributed by atoms with Crippen molar-refractivity contribution in [2.45, 2.75) is 46.1 Å². The number of hydrogen-bond donors (Lipinski definition) is 0. The van der Waals surface area contributed by atoms with Crippen molar-refractivity contribution in [3.05, 3.63) is 28.0 Å². The van der Waals surface area contributed by atoms with Crippen LogP contribution in [0.3, 0.4) is 0 Å². The van der Waals surface area contributed by atoms with Crippen molar-refractivity contribution in [2.24, 2.45) is 17.8 Å². The largest absolute Gasteiger partial charge is 0.460 e. The van der Waals surface area contributed by atoms with Gasteiger partial charge in [0.15, 0.2) is 6.61 Å². The lowest BCUT2D eigenvalue weighted by molar-refractivity contribution is -0.402. The minimum Gasteiger partial charge on any atom is -0.460 e. The minimum absolute atomic E-state index is 0.181. The molecule has 0 unspecified atom stereocenters. The first-order valence-electron chi connectivity index (χ1n) is 8.38. The van der Waals surface area contributed by atoms with Crippen LogP contribution in [-0.2, 0) is 14.3 Å². The number of hydrogen-bond acceptors (Lipinski definition) is 7. The van der Waals surface area contributed by atoms with Crippen molar-refractivity contribution in [2.75, 3.05) is 6.61 Å². The summed E-state index contributed by atoms with van der Waals surface area (Å²) in [5.41, 5.74) is 0. The van der Waals surface area contributed by atoms with Crippen molar-refractivity contribution in [1.82, 2.24) is 0 Å². The summed E-state index contributed by atoms with van der Waals surface area (Å²) in [6.07, 6.45) is 2.74. The monoisotopic (exact) mass is 353 g/mol. The van der Waals surface area contributed by atoms with E-state index in [0.29, 0.717) is 17.8 Å². The highest BCUT2D eigenvalue weighted by Gasteiger charge is 2.33. The number of nitrogens with zero attached hydrogens (tertiary/aromatic N) is 1. The van der Waals surface area contributed by atoms with Gasteiger partial charge in [0.2, 0.25) is 5.76 Å². The van der Waals surface area contributed by atoms with Gasteiger partial charge in [0.25, 0.3) is 0 Å². The first-order valence-corrected chi connectivity index (χ1v) is 8.38. The first-order chi connectivity index (χ1) is 11.8. The van der Waals surface area contributed by atoms with Gasteiger partial charge in [-0.05, 0) is 36.7 Å². The average molecular weight is 353 g/mol. The molecule has 138 valence electrons. The molecule has 0 radical (unpaired) electrons. The fraction of sp³-hybridized carbons (Fsp3) is 0.647. The molecule has 1 saturated carbocycles. The van der Waals surface area contributed by atoms with E-state index in [1.807, 2.05) is 0 Å². The van der Waals surface area contributed by atoms with Crippen LogP contribution >= 0.6 is 0 Å². The molecule has 0 aromatic carbocycles. The number of ether oxygens (including phenoxy) is 2. The maximum absolute atomic E-state index is 12.0. The molecule has 1 heterocycles. The molecule has 1 fully saturated rings. The summed E-state index contributed by atoms with van der Waals surface area (Å²) >= 11 is 0. The van der Waals surface area contributed by atoms with Crippen LogP contribution < -0.4 is 0 Å². The van der Waals surface area contributed by atoms with E-state index in [-0.39, 0.29) is 11.9 Å². The number of nitro groups is 1. The highest BCUT2D eigenvalue weighted by molar-refractivity contribution is 5.88. The Labute approximate surface area is 145 Å². The van der Waals surface area contributed by atoms with E-state index in [0.717, 1.165) is 31.4 Å². The van der Waals surface area contributed by atoms with Crippen molar-refractivity contribution in [1.29, 1.82) is 0 Å². The van der Waals surface area contributed by atoms with Gasteiger partial charge in [-0.1, -0.05) is 27.2 Å². The van der Waals surface area contributed by atoms with Gasteiger partial charge in [-0.2, -0.15) is 0 Å². The van der Waals surface area contributed by atoms with E-state index in [1.54, 1.807) is 0 Å². The molecular weight excluding hydrogens is 330 g/mol. The SMILES string of the molecule is CC(C)[C@H]1CC[C@H](C)C[C@H]1OC(=O)COC(=O)c1ccc([N+](=O)[O-])o1. The molecule has 0 spiro atoms. The van der Waals surface area contributed by atoms with Gasteiger partial charge >= 0.3 is 17.8 Å². The molecule has 25 heavy (non-hydrogen) atoms. The molecule has 1 aromatic rings. The third kappa shape index (κ3) is 5.04. The number of carbonyl (C=O) groups is 2.